The van der Waals surface area contributed by atoms with Crippen LogP contribution in [0.2, 0.25) is 0 Å². The smallest absolute Gasteiger partial charge is 0.253 e. The molecule has 4 rings (SSSR count). The van der Waals surface area contributed by atoms with E-state index in [0.717, 1.165) is 41.2 Å². The molecule has 1 aromatic heterocycles. The third kappa shape index (κ3) is 2.98. The zero-order valence-corrected chi connectivity index (χ0v) is 14.7. The van der Waals surface area contributed by atoms with Crippen molar-refractivity contribution in [2.45, 2.75) is 32.4 Å². The van der Waals surface area contributed by atoms with Gasteiger partial charge in [-0.05, 0) is 43.2 Å². The minimum Gasteiger partial charge on any atom is -0.348 e. The van der Waals surface area contributed by atoms with Crippen LogP contribution in [0.4, 0.5) is 0 Å². The monoisotopic (exact) mass is 333 g/mol. The Morgan fingerprint density at radius 2 is 2.00 bits per heavy atom. The lowest BCUT2D eigenvalue weighted by atomic mass is 10.00. The molecule has 0 bridgehead atoms. The zero-order chi connectivity index (χ0) is 17.4. The van der Waals surface area contributed by atoms with Crippen molar-refractivity contribution in [3.05, 3.63) is 54.2 Å². The summed E-state index contributed by atoms with van der Waals surface area (Å²) in [6.45, 7) is 6.36. The van der Waals surface area contributed by atoms with E-state index in [1.807, 2.05) is 30.3 Å². The molecular formula is C21H23N3O. The Bertz CT molecular complexity index is 935. The van der Waals surface area contributed by atoms with Crippen molar-refractivity contribution < 1.29 is 4.79 Å². The average molecular weight is 333 g/mol. The highest BCUT2D eigenvalue weighted by Crippen LogP contribution is 2.27. The van der Waals surface area contributed by atoms with Crippen molar-refractivity contribution in [3.63, 3.8) is 0 Å². The van der Waals surface area contributed by atoms with Crippen LogP contribution in [-0.4, -0.2) is 41.0 Å². The second-order valence-electron chi connectivity index (χ2n) is 7.09. The first kappa shape index (κ1) is 16.0. The normalized spacial score (nSPS) is 18.3. The molecule has 0 spiro atoms. The van der Waals surface area contributed by atoms with Crippen molar-refractivity contribution in [2.75, 3.05) is 13.1 Å². The summed E-state index contributed by atoms with van der Waals surface area (Å²) in [4.78, 5) is 19.9. The molecule has 4 heteroatoms. The summed E-state index contributed by atoms with van der Waals surface area (Å²) < 4.78 is 0. The number of nitrogens with zero attached hydrogens (tertiary/aromatic N) is 2. The summed E-state index contributed by atoms with van der Waals surface area (Å²) in [5.74, 6) is -0.0231. The summed E-state index contributed by atoms with van der Waals surface area (Å²) in [7, 11) is 0. The van der Waals surface area contributed by atoms with Crippen LogP contribution in [-0.2, 0) is 0 Å². The number of fused-ring (bicyclic) bond motifs is 3. The maximum absolute atomic E-state index is 13.0. The van der Waals surface area contributed by atoms with Gasteiger partial charge >= 0.3 is 0 Å². The van der Waals surface area contributed by atoms with Crippen LogP contribution in [0.25, 0.3) is 21.7 Å². The quantitative estimate of drug-likeness (QED) is 0.745. The Hall–Kier alpha value is -2.46. The van der Waals surface area contributed by atoms with E-state index in [4.69, 9.17) is 0 Å². The lowest BCUT2D eigenvalue weighted by molar-refractivity contribution is 0.0938. The van der Waals surface area contributed by atoms with Crippen LogP contribution in [0.1, 0.15) is 30.6 Å². The van der Waals surface area contributed by atoms with Gasteiger partial charge in [-0.3, -0.25) is 14.7 Å². The van der Waals surface area contributed by atoms with Crippen LogP contribution in [0, 0.1) is 0 Å². The summed E-state index contributed by atoms with van der Waals surface area (Å²) in [6, 6.07) is 14.8. The molecule has 2 aromatic carbocycles. The van der Waals surface area contributed by atoms with Gasteiger partial charge in [0, 0.05) is 36.8 Å². The van der Waals surface area contributed by atoms with Gasteiger partial charge in [-0.15, -0.1) is 0 Å². The number of hydrogen-bond donors (Lipinski definition) is 1. The van der Waals surface area contributed by atoms with Crippen LogP contribution < -0.4 is 5.32 Å². The van der Waals surface area contributed by atoms with E-state index in [-0.39, 0.29) is 11.9 Å². The lowest BCUT2D eigenvalue weighted by Crippen LogP contribution is -2.38. The Labute approximate surface area is 147 Å². The van der Waals surface area contributed by atoms with Crippen LogP contribution in [0.15, 0.2) is 48.7 Å². The zero-order valence-electron chi connectivity index (χ0n) is 14.7. The molecule has 0 aliphatic carbocycles. The minimum absolute atomic E-state index is 0.0231. The number of pyridine rings is 1. The largest absolute Gasteiger partial charge is 0.348 e. The molecule has 128 valence electrons. The van der Waals surface area contributed by atoms with E-state index in [1.165, 1.54) is 0 Å². The van der Waals surface area contributed by atoms with Crippen LogP contribution in [0.3, 0.4) is 0 Å². The van der Waals surface area contributed by atoms with Crippen LogP contribution >= 0.6 is 0 Å². The Morgan fingerprint density at radius 3 is 2.80 bits per heavy atom. The van der Waals surface area contributed by atoms with E-state index in [9.17, 15) is 4.79 Å². The Kier molecular flexibility index (Phi) is 4.14. The summed E-state index contributed by atoms with van der Waals surface area (Å²) in [5, 5.41) is 6.45. The number of benzene rings is 2. The fraction of sp³-hybridized carbons (Fsp3) is 0.333. The highest BCUT2D eigenvalue weighted by atomic mass is 16.1. The van der Waals surface area contributed by atoms with Gasteiger partial charge in [0.1, 0.15) is 0 Å². The molecule has 1 saturated heterocycles. The van der Waals surface area contributed by atoms with Gasteiger partial charge in [0.05, 0.1) is 11.1 Å². The van der Waals surface area contributed by atoms with E-state index in [1.54, 1.807) is 6.20 Å². The molecule has 0 saturated carbocycles. The third-order valence-corrected chi connectivity index (χ3v) is 5.14. The topological polar surface area (TPSA) is 45.2 Å². The highest BCUT2D eigenvalue weighted by molar-refractivity contribution is 6.15. The van der Waals surface area contributed by atoms with E-state index < -0.39 is 0 Å². The van der Waals surface area contributed by atoms with E-state index in [2.05, 4.69) is 41.2 Å². The van der Waals surface area contributed by atoms with Crippen molar-refractivity contribution >= 4 is 27.6 Å². The molecule has 1 fully saturated rings. The molecule has 25 heavy (non-hydrogen) atoms. The van der Waals surface area contributed by atoms with Crippen molar-refractivity contribution in [2.24, 2.45) is 0 Å². The number of amides is 1. The van der Waals surface area contributed by atoms with E-state index >= 15 is 0 Å². The van der Waals surface area contributed by atoms with Gasteiger partial charge in [-0.25, -0.2) is 0 Å². The molecule has 0 radical (unpaired) electrons. The second kappa shape index (κ2) is 6.45. The lowest BCUT2D eigenvalue weighted by Gasteiger charge is -2.20. The molecule has 1 amide bonds. The molecule has 3 aromatic rings. The minimum atomic E-state index is -0.0231. The number of carbonyl (C=O) groups is 1. The van der Waals surface area contributed by atoms with Crippen molar-refractivity contribution in [1.82, 2.24) is 15.2 Å². The first-order valence-electron chi connectivity index (χ1n) is 8.95. The first-order chi connectivity index (χ1) is 12.1. The molecule has 0 unspecified atom stereocenters. The summed E-state index contributed by atoms with van der Waals surface area (Å²) in [5.41, 5.74) is 1.44. The first-order valence-corrected chi connectivity index (χ1v) is 8.95. The van der Waals surface area contributed by atoms with Crippen LogP contribution in [0.5, 0.6) is 0 Å². The van der Waals surface area contributed by atoms with Gasteiger partial charge in [0.25, 0.3) is 5.91 Å². The Balaban J connectivity index is 1.69. The SMILES string of the molecule is CC(C)N1CC[C@H](NC(=O)c2cc3ccccc3c3cccnc23)C1. The highest BCUT2D eigenvalue weighted by Gasteiger charge is 2.26. The summed E-state index contributed by atoms with van der Waals surface area (Å²) >= 11 is 0. The molecule has 1 atom stereocenters. The number of carbonyl (C=O) groups excluding carboxylic acids is 1. The third-order valence-electron chi connectivity index (χ3n) is 5.14. The number of hydrogen-bond acceptors (Lipinski definition) is 3. The molecule has 1 N–H and O–H groups in total. The number of likely N-dealkylation sites (tertiary alicyclic amines) is 1. The van der Waals surface area contributed by atoms with Crippen molar-refractivity contribution in [1.29, 1.82) is 0 Å². The van der Waals surface area contributed by atoms with Gasteiger partial charge < -0.3 is 5.32 Å². The Morgan fingerprint density at radius 1 is 1.20 bits per heavy atom. The maximum atomic E-state index is 13.0. The predicted octanol–water partition coefficient (Wildman–Crippen LogP) is 3.60. The number of nitrogens with one attached hydrogen (secondary N) is 1. The molecule has 4 nitrogen and oxygen atoms in total. The van der Waals surface area contributed by atoms with Gasteiger partial charge in [-0.2, -0.15) is 0 Å². The molecule has 1 aliphatic heterocycles. The predicted molar refractivity (Wildman–Crippen MR) is 102 cm³/mol. The number of rotatable bonds is 3. The van der Waals surface area contributed by atoms with E-state index in [0.29, 0.717) is 11.6 Å². The molecular weight excluding hydrogens is 310 g/mol. The second-order valence-corrected chi connectivity index (χ2v) is 7.09. The maximum Gasteiger partial charge on any atom is 0.253 e. The fourth-order valence-corrected chi connectivity index (χ4v) is 3.74. The van der Waals surface area contributed by atoms with Gasteiger partial charge in [0.2, 0.25) is 0 Å². The molecule has 2 heterocycles. The van der Waals surface area contributed by atoms with Crippen molar-refractivity contribution in [3.8, 4) is 0 Å². The van der Waals surface area contributed by atoms with Gasteiger partial charge in [-0.1, -0.05) is 30.3 Å². The fourth-order valence-electron chi connectivity index (χ4n) is 3.74. The molecule has 1 aliphatic rings. The van der Waals surface area contributed by atoms with Gasteiger partial charge in [0.15, 0.2) is 0 Å². The average Bonchev–Trinajstić information content (AvgIpc) is 3.10. The number of aromatic nitrogens is 1. The summed E-state index contributed by atoms with van der Waals surface area (Å²) in [6.07, 6.45) is 2.76. The standard InChI is InChI=1S/C21H23N3O/c1-14(2)24-11-9-16(13-24)23-21(25)19-12-15-6-3-4-7-17(15)18-8-5-10-22-20(18)19/h3-8,10,12,14,16H,9,11,13H2,1-2H3,(H,23,25)/t16-/m0/s1.